The third-order valence-electron chi connectivity index (χ3n) is 4.36. The molecule has 3 rings (SSSR count). The van der Waals surface area contributed by atoms with Gasteiger partial charge in [0.05, 0.1) is 6.61 Å². The van der Waals surface area contributed by atoms with Crippen LogP contribution < -0.4 is 19.5 Å². The smallest absolute Gasteiger partial charge is 0.122 e. The van der Waals surface area contributed by atoms with Crippen LogP contribution in [0.3, 0.4) is 0 Å². The maximum Gasteiger partial charge on any atom is 0.122 e. The van der Waals surface area contributed by atoms with Crippen LogP contribution in [0, 0.1) is 0 Å². The Morgan fingerprint density at radius 1 is 0.655 bits per heavy atom. The summed E-state index contributed by atoms with van der Waals surface area (Å²) < 4.78 is 17.3. The van der Waals surface area contributed by atoms with E-state index in [2.05, 4.69) is 24.4 Å². The van der Waals surface area contributed by atoms with Crippen LogP contribution >= 0.6 is 0 Å². The number of ether oxygens (including phenoxy) is 3. The number of unbranched alkanes of at least 4 members (excludes halogenated alkanes) is 1. The van der Waals surface area contributed by atoms with Crippen molar-refractivity contribution in [3.63, 3.8) is 0 Å². The molecule has 4 heteroatoms. The fourth-order valence-corrected chi connectivity index (χ4v) is 2.82. The second-order valence-corrected chi connectivity index (χ2v) is 6.74. The van der Waals surface area contributed by atoms with Crippen LogP contribution in [-0.4, -0.2) is 19.8 Å². The van der Waals surface area contributed by atoms with E-state index in [0.717, 1.165) is 54.5 Å². The molecule has 0 heterocycles. The first kappa shape index (κ1) is 20.6. The molecule has 0 saturated carbocycles. The molecule has 0 amide bonds. The topological polar surface area (TPSA) is 39.7 Å². The van der Waals surface area contributed by atoms with Crippen molar-refractivity contribution in [2.45, 2.75) is 26.3 Å². The molecular formula is C25H29NO3. The molecule has 0 aliphatic heterocycles. The summed E-state index contributed by atoms with van der Waals surface area (Å²) in [4.78, 5) is 0. The van der Waals surface area contributed by atoms with Crippen molar-refractivity contribution in [1.82, 2.24) is 0 Å². The summed E-state index contributed by atoms with van der Waals surface area (Å²) in [5, 5.41) is 3.45. The van der Waals surface area contributed by atoms with Crippen LogP contribution in [0.25, 0.3) is 0 Å². The van der Waals surface area contributed by atoms with Crippen LogP contribution in [0.4, 0.5) is 5.69 Å². The molecule has 4 nitrogen and oxygen atoms in total. The highest BCUT2D eigenvalue weighted by molar-refractivity contribution is 5.48. The lowest BCUT2D eigenvalue weighted by atomic mass is 10.2. The number of anilines is 1. The van der Waals surface area contributed by atoms with Gasteiger partial charge in [-0.15, -0.1) is 0 Å². The number of hydrogen-bond donors (Lipinski definition) is 1. The Balaban J connectivity index is 1.44. The zero-order valence-corrected chi connectivity index (χ0v) is 17.0. The molecule has 152 valence electrons. The van der Waals surface area contributed by atoms with Crippen LogP contribution in [0.5, 0.6) is 17.2 Å². The van der Waals surface area contributed by atoms with Gasteiger partial charge in [-0.3, -0.25) is 0 Å². The van der Waals surface area contributed by atoms with Crippen molar-refractivity contribution < 1.29 is 14.2 Å². The van der Waals surface area contributed by atoms with Gasteiger partial charge in [0.2, 0.25) is 0 Å². The van der Waals surface area contributed by atoms with Crippen molar-refractivity contribution in [3.05, 3.63) is 84.4 Å². The molecule has 0 atom stereocenters. The second-order valence-electron chi connectivity index (χ2n) is 6.74. The predicted octanol–water partition coefficient (Wildman–Crippen LogP) is 5.94. The maximum atomic E-state index is 5.82. The number of benzene rings is 3. The van der Waals surface area contributed by atoms with Gasteiger partial charge in [-0.25, -0.2) is 0 Å². The molecule has 0 fully saturated rings. The van der Waals surface area contributed by atoms with Gasteiger partial charge in [0.15, 0.2) is 0 Å². The predicted molar refractivity (Wildman–Crippen MR) is 118 cm³/mol. The molecule has 0 unspecified atom stereocenters. The first-order valence-corrected chi connectivity index (χ1v) is 10.2. The largest absolute Gasteiger partial charge is 0.494 e. The lowest BCUT2D eigenvalue weighted by molar-refractivity contribution is 0.217. The van der Waals surface area contributed by atoms with E-state index in [1.54, 1.807) is 0 Å². The molecule has 0 radical (unpaired) electrons. The van der Waals surface area contributed by atoms with E-state index < -0.39 is 0 Å². The Labute approximate surface area is 173 Å². The first-order chi connectivity index (χ1) is 14.3. The normalized spacial score (nSPS) is 10.4. The van der Waals surface area contributed by atoms with Gasteiger partial charge in [-0.1, -0.05) is 49.7 Å². The summed E-state index contributed by atoms with van der Waals surface area (Å²) in [5.41, 5.74) is 2.20. The monoisotopic (exact) mass is 391 g/mol. The zero-order chi connectivity index (χ0) is 20.2. The Morgan fingerprint density at radius 3 is 2.10 bits per heavy atom. The highest BCUT2D eigenvalue weighted by Crippen LogP contribution is 2.20. The number of nitrogens with one attached hydrogen (secondary N) is 1. The molecule has 0 aliphatic rings. The molecule has 3 aromatic carbocycles. The molecule has 0 aromatic heterocycles. The summed E-state index contributed by atoms with van der Waals surface area (Å²) >= 11 is 0. The minimum absolute atomic E-state index is 0.503. The Bertz CT molecular complexity index is 851. The maximum absolute atomic E-state index is 5.82. The molecule has 0 saturated heterocycles. The summed E-state index contributed by atoms with van der Waals surface area (Å²) in [6, 6.07) is 26.0. The summed E-state index contributed by atoms with van der Waals surface area (Å²) in [5.74, 6) is 2.60. The quantitative estimate of drug-likeness (QED) is 0.388. The highest BCUT2D eigenvalue weighted by atomic mass is 16.5. The zero-order valence-electron chi connectivity index (χ0n) is 17.0. The van der Waals surface area contributed by atoms with E-state index in [9.17, 15) is 0 Å². The lowest BCUT2D eigenvalue weighted by Crippen LogP contribution is -2.09. The summed E-state index contributed by atoms with van der Waals surface area (Å²) in [6.45, 7) is 4.65. The fraction of sp³-hybridized carbons (Fsp3) is 0.280. The van der Waals surface area contributed by atoms with Crippen molar-refractivity contribution in [2.24, 2.45) is 0 Å². The van der Waals surface area contributed by atoms with Crippen LogP contribution in [-0.2, 0) is 6.54 Å². The van der Waals surface area contributed by atoms with Gasteiger partial charge in [0, 0.05) is 18.3 Å². The number of rotatable bonds is 12. The first-order valence-electron chi connectivity index (χ1n) is 10.2. The third-order valence-corrected chi connectivity index (χ3v) is 4.36. The Morgan fingerprint density at radius 2 is 1.31 bits per heavy atom. The SMILES string of the molecule is CCCCOc1cccc(NCc2cccc(OCCOc3ccccc3)c2)c1. The van der Waals surface area contributed by atoms with Crippen molar-refractivity contribution in [3.8, 4) is 17.2 Å². The molecule has 1 N–H and O–H groups in total. The molecule has 0 aliphatic carbocycles. The third kappa shape index (κ3) is 7.41. The molecular weight excluding hydrogens is 362 g/mol. The highest BCUT2D eigenvalue weighted by Gasteiger charge is 2.01. The molecule has 0 bridgehead atoms. The molecule has 0 spiro atoms. The van der Waals surface area contributed by atoms with Crippen LogP contribution in [0.15, 0.2) is 78.9 Å². The van der Waals surface area contributed by atoms with Gasteiger partial charge in [-0.2, -0.15) is 0 Å². The van der Waals surface area contributed by atoms with Gasteiger partial charge < -0.3 is 19.5 Å². The summed E-state index contributed by atoms with van der Waals surface area (Å²) in [6.07, 6.45) is 2.20. The molecule has 3 aromatic rings. The lowest BCUT2D eigenvalue weighted by Gasteiger charge is -2.11. The van der Waals surface area contributed by atoms with E-state index in [1.165, 1.54) is 0 Å². The minimum atomic E-state index is 0.503. The Kier molecular flexibility index (Phi) is 8.27. The number of hydrogen-bond acceptors (Lipinski definition) is 4. The van der Waals surface area contributed by atoms with Crippen LogP contribution in [0.2, 0.25) is 0 Å². The van der Waals surface area contributed by atoms with E-state index >= 15 is 0 Å². The standard InChI is InChI=1S/C25H29NO3/c1-2-3-15-27-25-14-8-10-22(19-25)26-20-21-9-7-13-24(18-21)29-17-16-28-23-11-5-4-6-12-23/h4-14,18-19,26H,2-3,15-17,20H2,1H3. The minimum Gasteiger partial charge on any atom is -0.494 e. The fourth-order valence-electron chi connectivity index (χ4n) is 2.82. The second kappa shape index (κ2) is 11.6. The average Bonchev–Trinajstić information content (AvgIpc) is 2.77. The van der Waals surface area contributed by atoms with Gasteiger partial charge in [0.25, 0.3) is 0 Å². The average molecular weight is 392 g/mol. The number of para-hydroxylation sites is 1. The molecule has 29 heavy (non-hydrogen) atoms. The van der Waals surface area contributed by atoms with Crippen LogP contribution in [0.1, 0.15) is 25.3 Å². The van der Waals surface area contributed by atoms with Crippen molar-refractivity contribution in [1.29, 1.82) is 0 Å². The Hall–Kier alpha value is -3.14. The van der Waals surface area contributed by atoms with Crippen molar-refractivity contribution >= 4 is 5.69 Å². The van der Waals surface area contributed by atoms with Gasteiger partial charge in [0.1, 0.15) is 30.5 Å². The van der Waals surface area contributed by atoms with Gasteiger partial charge >= 0.3 is 0 Å². The van der Waals surface area contributed by atoms with Gasteiger partial charge in [-0.05, 0) is 48.4 Å². The van der Waals surface area contributed by atoms with E-state index in [4.69, 9.17) is 14.2 Å². The van der Waals surface area contributed by atoms with E-state index in [1.807, 2.05) is 66.7 Å². The van der Waals surface area contributed by atoms with E-state index in [0.29, 0.717) is 13.2 Å². The summed E-state index contributed by atoms with van der Waals surface area (Å²) in [7, 11) is 0. The van der Waals surface area contributed by atoms with Crippen molar-refractivity contribution in [2.75, 3.05) is 25.1 Å². The van der Waals surface area contributed by atoms with E-state index in [-0.39, 0.29) is 0 Å².